The van der Waals surface area contributed by atoms with Gasteiger partial charge in [-0.3, -0.25) is 4.79 Å². The van der Waals surface area contributed by atoms with E-state index in [0.29, 0.717) is 32.1 Å². The second-order valence-corrected chi connectivity index (χ2v) is 8.10. The number of para-hydroxylation sites is 1. The lowest BCUT2D eigenvalue weighted by molar-refractivity contribution is -0.112. The number of amides is 1. The molecule has 7 heteroatoms. The number of aryl methyl sites for hydroxylation is 1. The monoisotopic (exact) mass is 484 g/mol. The first-order chi connectivity index (χ1) is 15.4. The number of nitrogens with one attached hydrogen (secondary N) is 1. The van der Waals surface area contributed by atoms with Gasteiger partial charge < -0.3 is 10.1 Å². The maximum absolute atomic E-state index is 12.6. The Morgan fingerprint density at radius 1 is 1.03 bits per heavy atom. The number of ether oxygens (including phenoxy) is 1. The van der Waals surface area contributed by atoms with E-state index < -0.39 is 5.91 Å². The van der Waals surface area contributed by atoms with Gasteiger partial charge in [-0.15, -0.1) is 0 Å². The Balaban J connectivity index is 1.73. The van der Waals surface area contributed by atoms with Gasteiger partial charge in [0.05, 0.1) is 5.02 Å². The lowest BCUT2D eigenvalue weighted by Crippen LogP contribution is -2.14. The molecule has 0 aromatic heterocycles. The minimum atomic E-state index is -0.484. The summed E-state index contributed by atoms with van der Waals surface area (Å²) in [6.45, 7) is 2.21. The number of anilines is 1. The predicted octanol–water partition coefficient (Wildman–Crippen LogP) is 7.33. The highest BCUT2D eigenvalue weighted by Gasteiger charge is 2.12. The molecule has 3 aromatic rings. The largest absolute Gasteiger partial charge is 0.487 e. The summed E-state index contributed by atoms with van der Waals surface area (Å²) >= 11 is 18.4. The summed E-state index contributed by atoms with van der Waals surface area (Å²) in [4.78, 5) is 12.6. The molecule has 0 aliphatic heterocycles. The van der Waals surface area contributed by atoms with Crippen LogP contribution in [0.1, 0.15) is 23.6 Å². The fourth-order valence-corrected chi connectivity index (χ4v) is 3.68. The van der Waals surface area contributed by atoms with Crippen LogP contribution in [0.15, 0.2) is 66.2 Å². The Kier molecular flexibility index (Phi) is 8.19. The van der Waals surface area contributed by atoms with Crippen molar-refractivity contribution in [3.05, 3.63) is 98.0 Å². The minimum absolute atomic E-state index is 0.0337. The summed E-state index contributed by atoms with van der Waals surface area (Å²) in [7, 11) is 0. The van der Waals surface area contributed by atoms with Gasteiger partial charge in [-0.1, -0.05) is 72.1 Å². The summed E-state index contributed by atoms with van der Waals surface area (Å²) < 4.78 is 5.76. The van der Waals surface area contributed by atoms with Crippen molar-refractivity contribution in [2.75, 3.05) is 5.32 Å². The Labute approximate surface area is 202 Å². The number of rotatable bonds is 7. The maximum Gasteiger partial charge on any atom is 0.266 e. The van der Waals surface area contributed by atoms with Gasteiger partial charge >= 0.3 is 0 Å². The van der Waals surface area contributed by atoms with Crippen molar-refractivity contribution in [2.45, 2.75) is 20.0 Å². The fraction of sp³-hybridized carbons (Fsp3) is 0.120. The predicted molar refractivity (Wildman–Crippen MR) is 130 cm³/mol. The normalized spacial score (nSPS) is 11.0. The van der Waals surface area contributed by atoms with Crippen molar-refractivity contribution in [3.63, 3.8) is 0 Å². The highest BCUT2D eigenvalue weighted by molar-refractivity contribution is 6.35. The third kappa shape index (κ3) is 6.05. The molecule has 1 N–H and O–H groups in total. The minimum Gasteiger partial charge on any atom is -0.487 e. The first-order valence-corrected chi connectivity index (χ1v) is 10.9. The third-order valence-corrected chi connectivity index (χ3v) is 5.56. The summed E-state index contributed by atoms with van der Waals surface area (Å²) in [5, 5.41) is 13.7. The van der Waals surface area contributed by atoms with Crippen LogP contribution in [-0.4, -0.2) is 5.91 Å². The van der Waals surface area contributed by atoms with Crippen LogP contribution in [0.2, 0.25) is 15.1 Å². The molecule has 0 heterocycles. The average Bonchev–Trinajstić information content (AvgIpc) is 2.78. The van der Waals surface area contributed by atoms with Gasteiger partial charge in [-0.2, -0.15) is 5.26 Å². The number of carbonyl (C=O) groups excluding carboxylic acids is 1. The van der Waals surface area contributed by atoms with Gasteiger partial charge in [-0.25, -0.2) is 0 Å². The van der Waals surface area contributed by atoms with Gasteiger partial charge in [0.25, 0.3) is 5.91 Å². The molecule has 3 aromatic carbocycles. The molecule has 0 spiro atoms. The van der Waals surface area contributed by atoms with Crippen molar-refractivity contribution in [1.82, 2.24) is 0 Å². The molecule has 0 bridgehead atoms. The smallest absolute Gasteiger partial charge is 0.266 e. The topological polar surface area (TPSA) is 62.1 Å². The van der Waals surface area contributed by atoms with Crippen LogP contribution in [0.25, 0.3) is 6.08 Å². The zero-order valence-electron chi connectivity index (χ0n) is 17.2. The van der Waals surface area contributed by atoms with Crippen LogP contribution in [-0.2, 0) is 17.8 Å². The molecular weight excluding hydrogens is 467 g/mol. The Morgan fingerprint density at radius 3 is 2.50 bits per heavy atom. The van der Waals surface area contributed by atoms with E-state index in [1.165, 1.54) is 6.08 Å². The third-order valence-electron chi connectivity index (χ3n) is 4.68. The van der Waals surface area contributed by atoms with Gasteiger partial charge in [0.2, 0.25) is 0 Å². The molecule has 0 aliphatic carbocycles. The van der Waals surface area contributed by atoms with Crippen LogP contribution in [0.3, 0.4) is 0 Å². The molecular formula is C25H19Cl3N2O2. The molecule has 0 unspecified atom stereocenters. The molecule has 0 saturated carbocycles. The lowest BCUT2D eigenvalue weighted by atomic mass is 10.1. The SMILES string of the molecule is CCc1ccccc1NC(=O)/C(C#N)=C/c1ccc(OCc2ccc(Cl)cc2Cl)c(Cl)c1. The van der Waals surface area contributed by atoms with Crippen LogP contribution in [0.4, 0.5) is 5.69 Å². The van der Waals surface area contributed by atoms with Gasteiger partial charge in [0.15, 0.2) is 0 Å². The highest BCUT2D eigenvalue weighted by Crippen LogP contribution is 2.29. The number of hydrogen-bond acceptors (Lipinski definition) is 3. The maximum atomic E-state index is 12.6. The molecule has 0 aliphatic rings. The molecule has 32 heavy (non-hydrogen) atoms. The number of nitriles is 1. The van der Waals surface area contributed by atoms with Crippen molar-refractivity contribution in [2.24, 2.45) is 0 Å². The first-order valence-electron chi connectivity index (χ1n) is 9.78. The van der Waals surface area contributed by atoms with Crippen LogP contribution < -0.4 is 10.1 Å². The van der Waals surface area contributed by atoms with Crippen LogP contribution in [0, 0.1) is 11.3 Å². The van der Waals surface area contributed by atoms with E-state index in [1.807, 2.05) is 37.3 Å². The van der Waals surface area contributed by atoms with Gasteiger partial charge in [0, 0.05) is 21.3 Å². The molecule has 162 valence electrons. The Hall–Kier alpha value is -2.97. The molecule has 0 radical (unpaired) electrons. The van der Waals surface area contributed by atoms with Crippen molar-refractivity contribution >= 4 is 52.5 Å². The second kappa shape index (κ2) is 11.1. The Bertz CT molecular complexity index is 1220. The first kappa shape index (κ1) is 23.7. The van der Waals surface area contributed by atoms with E-state index in [0.717, 1.165) is 17.5 Å². The standard InChI is InChI=1S/C25H19Cl3N2O2/c1-2-17-5-3-4-6-23(17)30-25(31)19(14-29)11-16-7-10-24(22(28)12-16)32-15-18-8-9-20(26)13-21(18)27/h3-13H,2,15H2,1H3,(H,30,31)/b19-11+. The number of benzene rings is 3. The van der Waals surface area contributed by atoms with E-state index in [1.54, 1.807) is 36.4 Å². The van der Waals surface area contributed by atoms with E-state index in [2.05, 4.69) is 5.32 Å². The molecule has 0 saturated heterocycles. The molecule has 1 amide bonds. The highest BCUT2D eigenvalue weighted by atomic mass is 35.5. The molecule has 0 fully saturated rings. The van der Waals surface area contributed by atoms with Gasteiger partial charge in [0.1, 0.15) is 24.0 Å². The molecule has 4 nitrogen and oxygen atoms in total. The quantitative estimate of drug-likeness (QED) is 0.281. The zero-order valence-corrected chi connectivity index (χ0v) is 19.4. The van der Waals surface area contributed by atoms with Crippen molar-refractivity contribution < 1.29 is 9.53 Å². The van der Waals surface area contributed by atoms with Crippen molar-refractivity contribution in [3.8, 4) is 11.8 Å². The van der Waals surface area contributed by atoms with E-state index in [4.69, 9.17) is 39.5 Å². The molecule has 3 rings (SSSR count). The van der Waals surface area contributed by atoms with E-state index >= 15 is 0 Å². The van der Waals surface area contributed by atoms with Crippen molar-refractivity contribution in [1.29, 1.82) is 5.26 Å². The summed E-state index contributed by atoms with van der Waals surface area (Å²) in [6.07, 6.45) is 2.25. The fourth-order valence-electron chi connectivity index (χ4n) is 2.97. The molecule has 0 atom stereocenters. The lowest BCUT2D eigenvalue weighted by Gasteiger charge is -2.11. The van der Waals surface area contributed by atoms with Gasteiger partial charge in [-0.05, 0) is 54.0 Å². The van der Waals surface area contributed by atoms with E-state index in [9.17, 15) is 10.1 Å². The second-order valence-electron chi connectivity index (χ2n) is 6.85. The summed E-state index contributed by atoms with van der Waals surface area (Å²) in [5.41, 5.74) is 3.01. The average molecular weight is 486 g/mol. The number of halogens is 3. The summed E-state index contributed by atoms with van der Waals surface area (Å²) in [5.74, 6) is -0.0307. The van der Waals surface area contributed by atoms with Crippen LogP contribution >= 0.6 is 34.8 Å². The van der Waals surface area contributed by atoms with E-state index in [-0.39, 0.29) is 12.2 Å². The van der Waals surface area contributed by atoms with Crippen LogP contribution in [0.5, 0.6) is 5.75 Å². The number of hydrogen-bond donors (Lipinski definition) is 1. The number of carbonyl (C=O) groups is 1. The number of nitrogens with zero attached hydrogens (tertiary/aromatic N) is 1. The Morgan fingerprint density at radius 2 is 1.81 bits per heavy atom. The zero-order chi connectivity index (χ0) is 23.1. The summed E-state index contributed by atoms with van der Waals surface area (Å²) in [6, 6.07) is 19.6.